The molecule has 0 radical (unpaired) electrons. The SMILES string of the molecule is O=C1CCc2c(N=Cc3ccccc3)cccc2N1. The molecule has 3 rings (SSSR count). The zero-order valence-corrected chi connectivity index (χ0v) is 10.5. The number of anilines is 1. The van der Waals surface area contributed by atoms with Crippen molar-refractivity contribution < 1.29 is 4.79 Å². The Hall–Kier alpha value is -2.42. The topological polar surface area (TPSA) is 41.5 Å². The molecular formula is C16H14N2O. The molecule has 94 valence electrons. The van der Waals surface area contributed by atoms with E-state index in [9.17, 15) is 4.79 Å². The Morgan fingerprint density at radius 2 is 1.84 bits per heavy atom. The second kappa shape index (κ2) is 5.06. The van der Waals surface area contributed by atoms with Gasteiger partial charge in [-0.3, -0.25) is 9.79 Å². The molecule has 0 aliphatic carbocycles. The monoisotopic (exact) mass is 250 g/mol. The fourth-order valence-corrected chi connectivity index (χ4v) is 2.21. The van der Waals surface area contributed by atoms with E-state index in [4.69, 9.17) is 0 Å². The van der Waals surface area contributed by atoms with E-state index < -0.39 is 0 Å². The van der Waals surface area contributed by atoms with E-state index in [0.29, 0.717) is 6.42 Å². The van der Waals surface area contributed by atoms with Crippen molar-refractivity contribution in [3.05, 3.63) is 59.7 Å². The number of fused-ring (bicyclic) bond motifs is 1. The molecule has 2 aromatic carbocycles. The minimum Gasteiger partial charge on any atom is -0.326 e. The Balaban J connectivity index is 1.92. The molecule has 0 saturated carbocycles. The molecule has 3 heteroatoms. The number of nitrogens with zero attached hydrogens (tertiary/aromatic N) is 1. The molecule has 2 aromatic rings. The third-order valence-electron chi connectivity index (χ3n) is 3.18. The van der Waals surface area contributed by atoms with Crippen molar-refractivity contribution in [1.29, 1.82) is 0 Å². The second-order valence-electron chi connectivity index (χ2n) is 4.52. The predicted molar refractivity (Wildman–Crippen MR) is 77.1 cm³/mol. The van der Waals surface area contributed by atoms with Gasteiger partial charge in [0.15, 0.2) is 0 Å². The first kappa shape index (κ1) is 11.7. The highest BCUT2D eigenvalue weighted by molar-refractivity contribution is 5.95. The number of aliphatic imine (C=N–C) groups is 1. The highest BCUT2D eigenvalue weighted by Gasteiger charge is 2.16. The van der Waals surface area contributed by atoms with Gasteiger partial charge in [-0.1, -0.05) is 36.4 Å². The molecule has 1 N–H and O–H groups in total. The van der Waals surface area contributed by atoms with Crippen LogP contribution < -0.4 is 5.32 Å². The molecule has 1 amide bonds. The molecule has 0 spiro atoms. The maximum Gasteiger partial charge on any atom is 0.224 e. The van der Waals surface area contributed by atoms with Crippen molar-refractivity contribution in [1.82, 2.24) is 0 Å². The van der Waals surface area contributed by atoms with Gasteiger partial charge in [-0.25, -0.2) is 0 Å². The van der Waals surface area contributed by atoms with Gasteiger partial charge in [-0.15, -0.1) is 0 Å². The summed E-state index contributed by atoms with van der Waals surface area (Å²) in [6.07, 6.45) is 3.14. The van der Waals surface area contributed by atoms with E-state index in [1.165, 1.54) is 0 Å². The zero-order valence-electron chi connectivity index (χ0n) is 10.5. The molecule has 0 bridgehead atoms. The third-order valence-corrected chi connectivity index (χ3v) is 3.18. The summed E-state index contributed by atoms with van der Waals surface area (Å²) in [5.74, 6) is 0.0803. The van der Waals surface area contributed by atoms with Gasteiger partial charge < -0.3 is 5.32 Å². The van der Waals surface area contributed by atoms with Gasteiger partial charge in [0, 0.05) is 23.9 Å². The zero-order chi connectivity index (χ0) is 13.1. The highest BCUT2D eigenvalue weighted by atomic mass is 16.1. The van der Waals surface area contributed by atoms with Crippen molar-refractivity contribution in [3.63, 3.8) is 0 Å². The maximum absolute atomic E-state index is 11.4. The van der Waals surface area contributed by atoms with Crippen molar-refractivity contribution in [3.8, 4) is 0 Å². The van der Waals surface area contributed by atoms with Crippen LogP contribution in [0.4, 0.5) is 11.4 Å². The van der Waals surface area contributed by atoms with Crippen molar-refractivity contribution in [2.45, 2.75) is 12.8 Å². The Kier molecular flexibility index (Phi) is 3.11. The largest absolute Gasteiger partial charge is 0.326 e. The molecule has 0 atom stereocenters. The number of hydrogen-bond donors (Lipinski definition) is 1. The van der Waals surface area contributed by atoms with E-state index in [-0.39, 0.29) is 5.91 Å². The normalized spacial score (nSPS) is 14.2. The Morgan fingerprint density at radius 1 is 1.00 bits per heavy atom. The van der Waals surface area contributed by atoms with E-state index in [0.717, 1.165) is 28.9 Å². The fourth-order valence-electron chi connectivity index (χ4n) is 2.21. The summed E-state index contributed by atoms with van der Waals surface area (Å²) in [5, 5.41) is 2.89. The smallest absolute Gasteiger partial charge is 0.224 e. The number of amides is 1. The summed E-state index contributed by atoms with van der Waals surface area (Å²) >= 11 is 0. The van der Waals surface area contributed by atoms with Crippen LogP contribution in [0.3, 0.4) is 0 Å². The number of rotatable bonds is 2. The van der Waals surface area contributed by atoms with Crippen LogP contribution in [-0.2, 0) is 11.2 Å². The van der Waals surface area contributed by atoms with E-state index in [1.54, 1.807) is 0 Å². The van der Waals surface area contributed by atoms with Crippen LogP contribution in [-0.4, -0.2) is 12.1 Å². The first-order chi connectivity index (χ1) is 9.33. The van der Waals surface area contributed by atoms with Gasteiger partial charge in [0.1, 0.15) is 0 Å². The van der Waals surface area contributed by atoms with Gasteiger partial charge in [-0.05, 0) is 24.1 Å². The summed E-state index contributed by atoms with van der Waals surface area (Å²) in [7, 11) is 0. The van der Waals surface area contributed by atoms with Gasteiger partial charge >= 0.3 is 0 Å². The predicted octanol–water partition coefficient (Wildman–Crippen LogP) is 3.32. The van der Waals surface area contributed by atoms with E-state index in [1.807, 2.05) is 54.7 Å². The molecule has 1 aliphatic heterocycles. The van der Waals surface area contributed by atoms with Gasteiger partial charge in [-0.2, -0.15) is 0 Å². The van der Waals surface area contributed by atoms with Gasteiger partial charge in [0.25, 0.3) is 0 Å². The van der Waals surface area contributed by atoms with Crippen LogP contribution in [0.2, 0.25) is 0 Å². The van der Waals surface area contributed by atoms with Crippen molar-refractivity contribution in [2.75, 3.05) is 5.32 Å². The minimum atomic E-state index is 0.0803. The molecule has 3 nitrogen and oxygen atoms in total. The second-order valence-corrected chi connectivity index (χ2v) is 4.52. The maximum atomic E-state index is 11.4. The van der Waals surface area contributed by atoms with E-state index in [2.05, 4.69) is 10.3 Å². The van der Waals surface area contributed by atoms with Crippen LogP contribution in [0.5, 0.6) is 0 Å². The average Bonchev–Trinajstić information content (AvgIpc) is 2.45. The molecular weight excluding hydrogens is 236 g/mol. The Bertz CT molecular complexity index is 632. The summed E-state index contributed by atoms with van der Waals surface area (Å²) in [6, 6.07) is 15.8. The first-order valence-corrected chi connectivity index (χ1v) is 6.34. The van der Waals surface area contributed by atoms with Crippen LogP contribution in [0.1, 0.15) is 17.5 Å². The number of nitrogens with one attached hydrogen (secondary N) is 1. The third kappa shape index (κ3) is 2.55. The lowest BCUT2D eigenvalue weighted by Gasteiger charge is -2.17. The summed E-state index contributed by atoms with van der Waals surface area (Å²) in [6.45, 7) is 0. The molecule has 1 heterocycles. The van der Waals surface area contributed by atoms with Crippen LogP contribution in [0.25, 0.3) is 0 Å². The standard InChI is InChI=1S/C16H14N2O/c19-16-10-9-13-14(7-4-8-15(13)18-16)17-11-12-5-2-1-3-6-12/h1-8,11H,9-10H2,(H,18,19). The molecule has 0 fully saturated rings. The number of benzene rings is 2. The highest BCUT2D eigenvalue weighted by Crippen LogP contribution is 2.31. The Labute approximate surface area is 112 Å². The minimum absolute atomic E-state index is 0.0803. The van der Waals surface area contributed by atoms with Crippen molar-refractivity contribution >= 4 is 23.5 Å². The lowest BCUT2D eigenvalue weighted by molar-refractivity contribution is -0.116. The van der Waals surface area contributed by atoms with Crippen LogP contribution in [0, 0.1) is 0 Å². The van der Waals surface area contributed by atoms with Crippen LogP contribution in [0.15, 0.2) is 53.5 Å². The van der Waals surface area contributed by atoms with Crippen LogP contribution >= 0.6 is 0 Å². The van der Waals surface area contributed by atoms with Gasteiger partial charge in [0.05, 0.1) is 5.69 Å². The summed E-state index contributed by atoms with van der Waals surface area (Å²) in [5.41, 5.74) is 4.01. The molecule has 0 aromatic heterocycles. The Morgan fingerprint density at radius 3 is 2.68 bits per heavy atom. The quantitative estimate of drug-likeness (QED) is 0.816. The molecule has 0 saturated heterocycles. The lowest BCUT2D eigenvalue weighted by Crippen LogP contribution is -2.18. The lowest BCUT2D eigenvalue weighted by atomic mass is 10.0. The molecule has 0 unspecified atom stereocenters. The number of carbonyl (C=O) groups is 1. The summed E-state index contributed by atoms with van der Waals surface area (Å²) < 4.78 is 0. The van der Waals surface area contributed by atoms with Gasteiger partial charge in [0.2, 0.25) is 5.91 Å². The first-order valence-electron chi connectivity index (χ1n) is 6.34. The molecule has 19 heavy (non-hydrogen) atoms. The van der Waals surface area contributed by atoms with Crippen molar-refractivity contribution in [2.24, 2.45) is 4.99 Å². The average molecular weight is 250 g/mol. The fraction of sp³-hybridized carbons (Fsp3) is 0.125. The molecule has 1 aliphatic rings. The van der Waals surface area contributed by atoms with E-state index >= 15 is 0 Å². The summed E-state index contributed by atoms with van der Waals surface area (Å²) in [4.78, 5) is 15.9. The number of hydrogen-bond acceptors (Lipinski definition) is 2. The number of carbonyl (C=O) groups excluding carboxylic acids is 1.